The quantitative estimate of drug-likeness (QED) is 0.0545. The molecular weight excluding hydrogens is 748 g/mol. The fourth-order valence-electron chi connectivity index (χ4n) is 4.15. The Morgan fingerprint density at radius 2 is 1.44 bits per heavy atom. The predicted octanol–water partition coefficient (Wildman–Crippen LogP) is 4.19. The van der Waals surface area contributed by atoms with E-state index in [0.717, 1.165) is 24.8 Å². The lowest BCUT2D eigenvalue weighted by atomic mass is 9.82. The van der Waals surface area contributed by atoms with Crippen molar-refractivity contribution in [2.45, 2.75) is 57.4 Å². The molecule has 5 atom stereocenters. The first kappa shape index (κ1) is 45.4. The second-order valence-electron chi connectivity index (χ2n) is 10.4. The van der Waals surface area contributed by atoms with Crippen LogP contribution in [-0.4, -0.2) is 62.4 Å². The molecule has 55 heavy (non-hydrogen) atoms. The van der Waals surface area contributed by atoms with Crippen LogP contribution in [0.5, 0.6) is 0 Å². The molecule has 1 fully saturated rings. The maximum Gasteiger partial charge on any atom is 0.508 e. The van der Waals surface area contributed by atoms with Crippen molar-refractivity contribution in [2.75, 3.05) is 20.3 Å². The van der Waals surface area contributed by atoms with Crippen molar-refractivity contribution in [1.29, 1.82) is 0 Å². The second-order valence-corrected chi connectivity index (χ2v) is 13.7. The van der Waals surface area contributed by atoms with Crippen LogP contribution in [0, 0.1) is 124 Å². The van der Waals surface area contributed by atoms with E-state index in [1.165, 1.54) is 7.11 Å². The molecule has 2 rings (SSSR count). The van der Waals surface area contributed by atoms with E-state index < -0.39 is 31.1 Å². The zero-order valence-electron chi connectivity index (χ0n) is 30.0. The van der Waals surface area contributed by atoms with Crippen LogP contribution in [0.2, 0.25) is 0 Å². The summed E-state index contributed by atoms with van der Waals surface area (Å²) >= 11 is 10.3. The number of carbonyl (C=O) groups is 1. The first-order valence-corrected chi connectivity index (χ1v) is 19.4. The van der Waals surface area contributed by atoms with Crippen LogP contribution in [0.4, 0.5) is 4.79 Å². The van der Waals surface area contributed by atoms with Gasteiger partial charge >= 0.3 is 12.9 Å². The fraction of sp³-hybridized carbons (Fsp3) is 0.302. The Morgan fingerprint density at radius 1 is 0.873 bits per heavy atom. The first-order valence-electron chi connectivity index (χ1n) is 16.4. The molecule has 0 amide bonds. The minimum Gasteiger partial charge on any atom is -0.431 e. The van der Waals surface area contributed by atoms with Crippen LogP contribution in [0.3, 0.4) is 0 Å². The van der Waals surface area contributed by atoms with Crippen molar-refractivity contribution in [2.24, 2.45) is 5.92 Å². The Morgan fingerprint density at radius 3 is 2.00 bits per heavy atom. The zero-order chi connectivity index (χ0) is 39.8. The topological polar surface area (TPSA) is 95.5 Å². The number of unbranched alkanes of at least 4 members (excludes halogenated alkanes) is 2. The number of hydrogen-bond donors (Lipinski definition) is 2. The molecule has 1 saturated heterocycles. The van der Waals surface area contributed by atoms with Gasteiger partial charge in [-0.3, -0.25) is 0 Å². The summed E-state index contributed by atoms with van der Waals surface area (Å²) in [6.45, 7) is -1.40. The number of thiocarbonyl (C=S) groups is 1. The van der Waals surface area contributed by atoms with Crippen molar-refractivity contribution in [3.8, 4) is 118 Å². The Bertz CT molecular complexity index is 2230. The van der Waals surface area contributed by atoms with E-state index in [1.54, 1.807) is 6.92 Å². The molecule has 8 nitrogen and oxygen atoms in total. The number of carbonyl (C=O) groups excluding carboxylic acids is 1. The first-order chi connectivity index (χ1) is 26.8. The number of benzene rings is 1. The van der Waals surface area contributed by atoms with Crippen molar-refractivity contribution >= 4 is 49.7 Å². The molecule has 1 aromatic carbocycles. The van der Waals surface area contributed by atoms with Gasteiger partial charge in [-0.15, -0.1) is 0 Å². The largest absolute Gasteiger partial charge is 0.508 e. The molecule has 2 N–H and O–H groups in total. The summed E-state index contributed by atoms with van der Waals surface area (Å²) in [5.41, 5.74) is 0.813. The average Bonchev–Trinajstić information content (AvgIpc) is 3.47. The molecule has 1 heterocycles. The van der Waals surface area contributed by atoms with Gasteiger partial charge in [0.15, 0.2) is 4.99 Å². The van der Waals surface area contributed by atoms with E-state index in [2.05, 4.69) is 124 Å². The number of ether oxygens (including phenoxy) is 3. The minimum atomic E-state index is -3.57. The van der Waals surface area contributed by atoms with Crippen LogP contribution < -0.4 is 5.32 Å². The molecular formula is C43H33BNO7PS2. The lowest BCUT2D eigenvalue weighted by Crippen LogP contribution is -2.33. The zero-order valence-corrected chi connectivity index (χ0v) is 32.6. The highest BCUT2D eigenvalue weighted by molar-refractivity contribution is 8.07. The second kappa shape index (κ2) is 28.7. The lowest BCUT2D eigenvalue weighted by molar-refractivity contribution is -0.0272. The maximum absolute atomic E-state index is 12.2. The van der Waals surface area contributed by atoms with Crippen molar-refractivity contribution in [1.82, 2.24) is 5.32 Å². The third kappa shape index (κ3) is 22.2. The highest BCUT2D eigenvalue weighted by atomic mass is 32.5. The molecule has 1 aliphatic heterocycles. The highest BCUT2D eigenvalue weighted by Gasteiger charge is 2.45. The van der Waals surface area contributed by atoms with Crippen molar-refractivity contribution in [3.05, 3.63) is 48.0 Å². The van der Waals surface area contributed by atoms with Gasteiger partial charge in [-0.05, 0) is 151 Å². The summed E-state index contributed by atoms with van der Waals surface area (Å²) in [6.07, 6.45) is 4.55. The van der Waals surface area contributed by atoms with E-state index in [-0.39, 0.29) is 19.1 Å². The summed E-state index contributed by atoms with van der Waals surface area (Å²) in [5, 5.41) is 3.08. The number of rotatable bonds is 14. The molecule has 0 spiro atoms. The molecule has 0 saturated carbocycles. The van der Waals surface area contributed by atoms with Crippen molar-refractivity contribution < 1.29 is 32.9 Å². The summed E-state index contributed by atoms with van der Waals surface area (Å²) < 4.78 is 27.0. The molecule has 1 aromatic rings. The molecule has 0 aromatic heterocycles. The van der Waals surface area contributed by atoms with Crippen LogP contribution in [0.15, 0.2) is 42.5 Å². The smallest absolute Gasteiger partial charge is 0.431 e. The van der Waals surface area contributed by atoms with Gasteiger partial charge in [0.25, 0.3) is 0 Å². The average molecular weight is 782 g/mol. The van der Waals surface area contributed by atoms with Gasteiger partial charge in [-0.2, -0.15) is 0 Å². The van der Waals surface area contributed by atoms with E-state index in [4.69, 9.17) is 55.1 Å². The molecule has 0 aliphatic carbocycles. The van der Waals surface area contributed by atoms with Gasteiger partial charge in [0, 0.05) is 37.4 Å². The van der Waals surface area contributed by atoms with E-state index in [9.17, 15) is 9.69 Å². The van der Waals surface area contributed by atoms with Crippen LogP contribution in [0.1, 0.15) is 38.2 Å². The van der Waals surface area contributed by atoms with Gasteiger partial charge in [-0.1, -0.05) is 60.6 Å². The lowest BCUT2D eigenvalue weighted by Gasteiger charge is -2.26. The minimum absolute atomic E-state index is 0.0544. The van der Waals surface area contributed by atoms with Gasteiger partial charge < -0.3 is 33.5 Å². The maximum atomic E-state index is 12.2. The SMILES string of the molecule is [B][C@@H]1O[C@H](COC(=O)OCc2ccccc2)[C@H](OP(O)(=S)OC)C1C/C=C/CCCCNC(=S)C#CC#CC#CC#CC#CC#CC#CC#CC#CC#CC. The Balaban J connectivity index is 1.70. The van der Waals surface area contributed by atoms with Crippen LogP contribution in [0.25, 0.3) is 0 Å². The number of allylic oxidation sites excluding steroid dienone is 2. The monoisotopic (exact) mass is 781 g/mol. The third-order valence-corrected chi connectivity index (χ3v) is 8.54. The van der Waals surface area contributed by atoms with Crippen LogP contribution in [-0.2, 0) is 41.7 Å². The van der Waals surface area contributed by atoms with Gasteiger partial charge in [0.05, 0.1) is 0 Å². The summed E-state index contributed by atoms with van der Waals surface area (Å²) in [4.78, 5) is 22.9. The summed E-state index contributed by atoms with van der Waals surface area (Å²) in [6, 6.07) is 8.43. The Hall–Kier alpha value is -5.73. The number of hydrogen-bond acceptors (Lipinski definition) is 8. The highest BCUT2D eigenvalue weighted by Crippen LogP contribution is 2.48. The molecule has 12 heteroatoms. The molecule has 2 radical (unpaired) electrons. The Labute approximate surface area is 336 Å². The third-order valence-electron chi connectivity index (χ3n) is 6.61. The van der Waals surface area contributed by atoms with Crippen molar-refractivity contribution in [3.63, 3.8) is 0 Å². The Kier molecular flexibility index (Phi) is 23.7. The summed E-state index contributed by atoms with van der Waals surface area (Å²) in [5.74, 6) is 50.8. The van der Waals surface area contributed by atoms with E-state index in [0.29, 0.717) is 18.0 Å². The van der Waals surface area contributed by atoms with Gasteiger partial charge in [-0.25, -0.2) is 4.79 Å². The van der Waals surface area contributed by atoms with Gasteiger partial charge in [0.2, 0.25) is 0 Å². The van der Waals surface area contributed by atoms with E-state index >= 15 is 0 Å². The van der Waals surface area contributed by atoms with Gasteiger partial charge in [0.1, 0.15) is 33.3 Å². The molecule has 0 bridgehead atoms. The predicted molar refractivity (Wildman–Crippen MR) is 221 cm³/mol. The number of nitrogens with one attached hydrogen (secondary N) is 1. The normalized spacial score (nSPS) is 16.5. The van der Waals surface area contributed by atoms with Crippen LogP contribution >= 0.6 is 18.9 Å². The fourth-order valence-corrected chi connectivity index (χ4v) is 5.29. The standard InChI is InChI=1S/C43H33BNO7PS2/c1-3-4-5-6-7-8-9-10-11-12-13-14-15-16-17-18-19-22-28-33-40(54)45-34-29-23-20-21-27-32-38-41(52-53(47,55)48-2)39(51-42(38)44)36-50-43(46)49-35-37-30-25-24-26-31-37/h21,24-27,30-31,38-39,41-42H,20,23,29,32,34-36H2,1-2H3,(H,45,54)(H,47,55)/b27-21+/t38?,39-,41-,42-,53?/m1/s1. The molecule has 2 unspecified atom stereocenters. The molecule has 272 valence electrons. The summed E-state index contributed by atoms with van der Waals surface area (Å²) in [7, 11) is 7.52. The molecule has 1 aliphatic rings. The van der Waals surface area contributed by atoms with E-state index in [1.807, 2.05) is 42.5 Å².